The molecule has 19 heavy (non-hydrogen) atoms. The molecule has 0 spiro atoms. The Bertz CT molecular complexity index is 450. The molecule has 2 N–H and O–H groups in total. The molecule has 1 amide bonds. The summed E-state index contributed by atoms with van der Waals surface area (Å²) in [5.74, 6) is -0.263. The molecular formula is C11H18ClN3O3S. The lowest BCUT2D eigenvalue weighted by molar-refractivity contribution is -0.385. The van der Waals surface area contributed by atoms with Crippen LogP contribution in [-0.4, -0.2) is 30.0 Å². The van der Waals surface area contributed by atoms with Crippen molar-refractivity contribution >= 4 is 35.3 Å². The number of thiophene rings is 1. The van der Waals surface area contributed by atoms with Crippen LogP contribution in [0, 0.1) is 17.0 Å². The number of amides is 1. The number of halogens is 1. The van der Waals surface area contributed by atoms with Gasteiger partial charge >= 0.3 is 0 Å². The summed E-state index contributed by atoms with van der Waals surface area (Å²) in [5, 5.41) is 16.6. The van der Waals surface area contributed by atoms with Crippen molar-refractivity contribution in [2.24, 2.45) is 0 Å². The summed E-state index contributed by atoms with van der Waals surface area (Å²) < 4.78 is 0. The van der Waals surface area contributed by atoms with Crippen LogP contribution in [0.3, 0.4) is 0 Å². The van der Waals surface area contributed by atoms with E-state index in [4.69, 9.17) is 0 Å². The normalized spacial score (nSPS) is 11.5. The molecule has 0 bridgehead atoms. The molecule has 1 aromatic heterocycles. The maximum atomic E-state index is 11.8. The van der Waals surface area contributed by atoms with Crippen molar-refractivity contribution in [1.29, 1.82) is 0 Å². The predicted octanol–water partition coefficient (Wildman–Crippen LogP) is 2.11. The number of rotatable bonds is 6. The number of nitrogens with one attached hydrogen (secondary N) is 2. The highest BCUT2D eigenvalue weighted by Crippen LogP contribution is 2.27. The zero-order chi connectivity index (χ0) is 13.7. The van der Waals surface area contributed by atoms with Gasteiger partial charge in [0.2, 0.25) is 0 Å². The first-order valence-corrected chi connectivity index (χ1v) is 6.53. The first-order chi connectivity index (χ1) is 8.45. The Kier molecular flexibility index (Phi) is 7.58. The third kappa shape index (κ3) is 5.14. The van der Waals surface area contributed by atoms with Gasteiger partial charge in [-0.05, 0) is 20.4 Å². The maximum absolute atomic E-state index is 11.8. The molecule has 1 heterocycles. The standard InChI is InChI=1S/C11H17N3O3S.ClH/c1-4-12-7(2)6-13-11(15)10-5-9(14(16)17)8(3)18-10;/h5,7,12H,4,6H2,1-3H3,(H,13,15);1H/t7-;/m1./s1. The van der Waals surface area contributed by atoms with Crippen LogP contribution in [0.2, 0.25) is 0 Å². The Balaban J connectivity index is 0.00000324. The van der Waals surface area contributed by atoms with Gasteiger partial charge in [0.1, 0.15) is 0 Å². The van der Waals surface area contributed by atoms with Crippen LogP contribution in [0.25, 0.3) is 0 Å². The SMILES string of the molecule is CCN[C@H](C)CNC(=O)c1cc([N+](=O)[O-])c(C)s1.Cl. The van der Waals surface area contributed by atoms with Crippen molar-refractivity contribution in [1.82, 2.24) is 10.6 Å². The quantitative estimate of drug-likeness (QED) is 0.623. The van der Waals surface area contributed by atoms with E-state index in [0.29, 0.717) is 16.3 Å². The monoisotopic (exact) mass is 307 g/mol. The fourth-order valence-electron chi connectivity index (χ4n) is 1.52. The van der Waals surface area contributed by atoms with Gasteiger partial charge in [0.15, 0.2) is 0 Å². The molecule has 1 aromatic rings. The first-order valence-electron chi connectivity index (χ1n) is 5.72. The number of carbonyl (C=O) groups is 1. The van der Waals surface area contributed by atoms with E-state index in [1.54, 1.807) is 6.92 Å². The number of likely N-dealkylation sites (N-methyl/N-ethyl adjacent to an activating group) is 1. The average molecular weight is 308 g/mol. The number of hydrogen-bond donors (Lipinski definition) is 2. The Hall–Kier alpha value is -1.18. The minimum atomic E-state index is -0.468. The molecule has 0 aliphatic carbocycles. The summed E-state index contributed by atoms with van der Waals surface area (Å²) >= 11 is 1.14. The Morgan fingerprint density at radius 3 is 2.68 bits per heavy atom. The van der Waals surface area contributed by atoms with E-state index < -0.39 is 4.92 Å². The Morgan fingerprint density at radius 1 is 1.58 bits per heavy atom. The number of nitrogens with zero attached hydrogens (tertiary/aromatic N) is 1. The summed E-state index contributed by atoms with van der Waals surface area (Å²) in [6.07, 6.45) is 0. The van der Waals surface area contributed by atoms with Gasteiger partial charge in [0.25, 0.3) is 11.6 Å². The molecule has 6 nitrogen and oxygen atoms in total. The average Bonchev–Trinajstić information content (AvgIpc) is 2.69. The fraction of sp³-hybridized carbons (Fsp3) is 0.545. The highest BCUT2D eigenvalue weighted by Gasteiger charge is 2.19. The van der Waals surface area contributed by atoms with Crippen LogP contribution < -0.4 is 10.6 Å². The van der Waals surface area contributed by atoms with E-state index in [0.717, 1.165) is 17.9 Å². The minimum absolute atomic E-state index is 0. The molecule has 0 saturated heterocycles. The van der Waals surface area contributed by atoms with Gasteiger partial charge in [0.05, 0.1) is 14.7 Å². The van der Waals surface area contributed by atoms with Gasteiger partial charge in [-0.15, -0.1) is 23.7 Å². The molecule has 8 heteroatoms. The van der Waals surface area contributed by atoms with Gasteiger partial charge < -0.3 is 10.6 Å². The van der Waals surface area contributed by atoms with Crippen LogP contribution in [0.1, 0.15) is 28.4 Å². The van der Waals surface area contributed by atoms with Gasteiger partial charge in [-0.1, -0.05) is 6.92 Å². The molecule has 0 aromatic carbocycles. The second-order valence-corrected chi connectivity index (χ2v) is 5.23. The number of carbonyl (C=O) groups excluding carboxylic acids is 1. The predicted molar refractivity (Wildman–Crippen MR) is 78.4 cm³/mol. The molecule has 0 aliphatic heterocycles. The lowest BCUT2D eigenvalue weighted by Gasteiger charge is -2.12. The molecule has 1 rings (SSSR count). The maximum Gasteiger partial charge on any atom is 0.283 e. The van der Waals surface area contributed by atoms with Gasteiger partial charge in [0, 0.05) is 18.7 Å². The zero-order valence-corrected chi connectivity index (χ0v) is 12.7. The Labute approximate surface area is 122 Å². The van der Waals surface area contributed by atoms with Crippen molar-refractivity contribution in [2.75, 3.05) is 13.1 Å². The highest BCUT2D eigenvalue weighted by atomic mass is 35.5. The fourth-order valence-corrected chi connectivity index (χ4v) is 2.42. The summed E-state index contributed by atoms with van der Waals surface area (Å²) in [6, 6.07) is 1.50. The second-order valence-electron chi connectivity index (χ2n) is 3.98. The summed E-state index contributed by atoms with van der Waals surface area (Å²) in [6.45, 7) is 6.93. The van der Waals surface area contributed by atoms with Crippen molar-refractivity contribution in [3.63, 3.8) is 0 Å². The first kappa shape index (κ1) is 17.8. The van der Waals surface area contributed by atoms with E-state index >= 15 is 0 Å². The highest BCUT2D eigenvalue weighted by molar-refractivity contribution is 7.14. The van der Waals surface area contributed by atoms with Crippen LogP contribution >= 0.6 is 23.7 Å². The molecule has 0 radical (unpaired) electrons. The lowest BCUT2D eigenvalue weighted by atomic mass is 10.3. The van der Waals surface area contributed by atoms with Crippen molar-refractivity contribution in [3.8, 4) is 0 Å². The number of aryl methyl sites for hydroxylation is 1. The molecule has 0 fully saturated rings. The topological polar surface area (TPSA) is 84.3 Å². The van der Waals surface area contributed by atoms with Crippen LogP contribution in [0.15, 0.2) is 6.07 Å². The van der Waals surface area contributed by atoms with E-state index in [1.165, 1.54) is 6.07 Å². The zero-order valence-electron chi connectivity index (χ0n) is 11.1. The minimum Gasteiger partial charge on any atom is -0.350 e. The summed E-state index contributed by atoms with van der Waals surface area (Å²) in [7, 11) is 0. The van der Waals surface area contributed by atoms with Gasteiger partial charge in [-0.3, -0.25) is 14.9 Å². The second kappa shape index (κ2) is 8.08. The van der Waals surface area contributed by atoms with Crippen molar-refractivity contribution in [3.05, 3.63) is 25.9 Å². The lowest BCUT2D eigenvalue weighted by Crippen LogP contribution is -2.38. The number of nitro groups is 1. The van der Waals surface area contributed by atoms with Gasteiger partial charge in [-0.2, -0.15) is 0 Å². The molecule has 0 aliphatic rings. The van der Waals surface area contributed by atoms with E-state index in [1.807, 2.05) is 13.8 Å². The molecule has 0 unspecified atom stereocenters. The van der Waals surface area contributed by atoms with Crippen molar-refractivity contribution in [2.45, 2.75) is 26.8 Å². The summed E-state index contributed by atoms with van der Waals surface area (Å²) in [4.78, 5) is 22.9. The van der Waals surface area contributed by atoms with Crippen LogP contribution in [0.4, 0.5) is 5.69 Å². The third-order valence-electron chi connectivity index (χ3n) is 2.43. The van der Waals surface area contributed by atoms with E-state index in [-0.39, 0.29) is 30.0 Å². The Morgan fingerprint density at radius 2 is 2.21 bits per heavy atom. The number of hydrogen-bond acceptors (Lipinski definition) is 5. The smallest absolute Gasteiger partial charge is 0.283 e. The van der Waals surface area contributed by atoms with E-state index in [9.17, 15) is 14.9 Å². The van der Waals surface area contributed by atoms with Crippen molar-refractivity contribution < 1.29 is 9.72 Å². The largest absolute Gasteiger partial charge is 0.350 e. The van der Waals surface area contributed by atoms with Crippen LogP contribution in [0.5, 0.6) is 0 Å². The molecule has 0 saturated carbocycles. The molecule has 1 atom stereocenters. The summed E-state index contributed by atoms with van der Waals surface area (Å²) in [5.41, 5.74) is 0.00452. The van der Waals surface area contributed by atoms with Crippen LogP contribution in [-0.2, 0) is 0 Å². The third-order valence-corrected chi connectivity index (χ3v) is 3.47. The van der Waals surface area contributed by atoms with Gasteiger partial charge in [-0.25, -0.2) is 0 Å². The molecule has 108 valence electrons. The molecular weight excluding hydrogens is 290 g/mol. The van der Waals surface area contributed by atoms with E-state index in [2.05, 4.69) is 10.6 Å².